The van der Waals surface area contributed by atoms with E-state index in [2.05, 4.69) is 36.5 Å². The normalized spacial score (nSPS) is 10.5. The maximum absolute atomic E-state index is 5.55. The van der Waals surface area contributed by atoms with Gasteiger partial charge >= 0.3 is 6.01 Å². The Labute approximate surface area is 123 Å². The number of nitrogens with two attached hydrogens (primary N) is 1. The van der Waals surface area contributed by atoms with Crippen LogP contribution in [0, 0.1) is 0 Å². The lowest BCUT2D eigenvalue weighted by atomic mass is 10.4. The van der Waals surface area contributed by atoms with Gasteiger partial charge in [-0.1, -0.05) is 6.07 Å². The van der Waals surface area contributed by atoms with E-state index in [1.807, 2.05) is 11.4 Å². The second-order valence-electron chi connectivity index (χ2n) is 3.90. The first-order valence-electron chi connectivity index (χ1n) is 6.08. The van der Waals surface area contributed by atoms with Crippen molar-refractivity contribution in [1.82, 2.24) is 29.7 Å². The van der Waals surface area contributed by atoms with Gasteiger partial charge in [-0.05, 0) is 11.4 Å². The standard InChI is InChI=1S/C11H12N8OS/c12-18-9-15-10(19-7-13-6-14-19)17-11(16-9)20-4-3-8-2-1-5-21-8/h1-2,5-7H,3-4,12H2,(H,15,16,17,18). The largest absolute Gasteiger partial charge is 0.463 e. The van der Waals surface area contributed by atoms with Crippen molar-refractivity contribution in [1.29, 1.82) is 0 Å². The summed E-state index contributed by atoms with van der Waals surface area (Å²) in [6.07, 6.45) is 3.65. The third-order valence-electron chi connectivity index (χ3n) is 2.52. The van der Waals surface area contributed by atoms with Gasteiger partial charge in [0.15, 0.2) is 0 Å². The first-order valence-corrected chi connectivity index (χ1v) is 6.96. The average molecular weight is 304 g/mol. The predicted octanol–water partition coefficient (Wildman–Crippen LogP) is 0.421. The van der Waals surface area contributed by atoms with Crippen molar-refractivity contribution in [2.75, 3.05) is 12.0 Å². The van der Waals surface area contributed by atoms with Gasteiger partial charge in [-0.2, -0.15) is 24.7 Å². The molecule has 9 nitrogen and oxygen atoms in total. The first-order chi connectivity index (χ1) is 10.3. The van der Waals surface area contributed by atoms with Crippen LogP contribution in [0.3, 0.4) is 0 Å². The van der Waals surface area contributed by atoms with Gasteiger partial charge in [-0.25, -0.2) is 10.8 Å². The van der Waals surface area contributed by atoms with E-state index in [0.717, 1.165) is 6.42 Å². The van der Waals surface area contributed by atoms with Crippen molar-refractivity contribution in [2.24, 2.45) is 5.84 Å². The zero-order valence-corrected chi connectivity index (χ0v) is 11.7. The van der Waals surface area contributed by atoms with E-state index in [4.69, 9.17) is 10.6 Å². The van der Waals surface area contributed by atoms with E-state index in [1.54, 1.807) is 11.3 Å². The molecule has 3 aromatic heterocycles. The number of thiophene rings is 1. The van der Waals surface area contributed by atoms with Gasteiger partial charge in [0.05, 0.1) is 6.61 Å². The van der Waals surface area contributed by atoms with E-state index < -0.39 is 0 Å². The Kier molecular flexibility index (Phi) is 3.98. The third-order valence-corrected chi connectivity index (χ3v) is 3.45. The minimum Gasteiger partial charge on any atom is -0.463 e. The van der Waals surface area contributed by atoms with Crippen LogP contribution >= 0.6 is 11.3 Å². The summed E-state index contributed by atoms with van der Waals surface area (Å²) < 4.78 is 6.95. The lowest BCUT2D eigenvalue weighted by Crippen LogP contribution is -2.15. The van der Waals surface area contributed by atoms with E-state index in [9.17, 15) is 0 Å². The number of nitrogens with one attached hydrogen (secondary N) is 1. The van der Waals surface area contributed by atoms with Crippen molar-refractivity contribution in [2.45, 2.75) is 6.42 Å². The minimum atomic E-state index is 0.181. The molecule has 3 aromatic rings. The summed E-state index contributed by atoms with van der Waals surface area (Å²) >= 11 is 1.68. The Morgan fingerprint density at radius 2 is 2.29 bits per heavy atom. The molecule has 0 aliphatic heterocycles. The lowest BCUT2D eigenvalue weighted by molar-refractivity contribution is 0.296. The number of nitrogen functional groups attached to an aromatic ring is 1. The van der Waals surface area contributed by atoms with Gasteiger partial charge in [0.25, 0.3) is 5.95 Å². The van der Waals surface area contributed by atoms with Gasteiger partial charge in [0.2, 0.25) is 5.95 Å². The van der Waals surface area contributed by atoms with Crippen molar-refractivity contribution in [3.05, 3.63) is 35.0 Å². The summed E-state index contributed by atoms with van der Waals surface area (Å²) in [5.41, 5.74) is 2.37. The molecule has 0 bridgehead atoms. The average Bonchev–Trinajstić information content (AvgIpc) is 3.20. The van der Waals surface area contributed by atoms with Crippen LogP contribution in [0.15, 0.2) is 30.2 Å². The highest BCUT2D eigenvalue weighted by Gasteiger charge is 2.09. The van der Waals surface area contributed by atoms with Crippen molar-refractivity contribution in [3.63, 3.8) is 0 Å². The van der Waals surface area contributed by atoms with Gasteiger partial charge in [-0.15, -0.1) is 11.3 Å². The van der Waals surface area contributed by atoms with Gasteiger partial charge in [-0.3, -0.25) is 5.43 Å². The number of nitrogens with zero attached hydrogens (tertiary/aromatic N) is 6. The summed E-state index contributed by atoms with van der Waals surface area (Å²) in [4.78, 5) is 17.4. The maximum atomic E-state index is 5.55. The molecule has 3 rings (SSSR count). The molecule has 108 valence electrons. The minimum absolute atomic E-state index is 0.181. The number of hydrogen-bond donors (Lipinski definition) is 2. The van der Waals surface area contributed by atoms with Crippen LogP contribution in [0.2, 0.25) is 0 Å². The van der Waals surface area contributed by atoms with E-state index in [-0.39, 0.29) is 17.9 Å². The van der Waals surface area contributed by atoms with Crippen LogP contribution in [-0.4, -0.2) is 36.3 Å². The molecule has 0 aliphatic rings. The Morgan fingerprint density at radius 1 is 1.33 bits per heavy atom. The molecule has 0 unspecified atom stereocenters. The lowest BCUT2D eigenvalue weighted by Gasteiger charge is -2.07. The fourth-order valence-corrected chi connectivity index (χ4v) is 2.28. The van der Waals surface area contributed by atoms with Gasteiger partial charge in [0, 0.05) is 11.3 Å². The molecule has 21 heavy (non-hydrogen) atoms. The number of aromatic nitrogens is 6. The monoisotopic (exact) mass is 304 g/mol. The van der Waals surface area contributed by atoms with Crippen LogP contribution in [0.1, 0.15) is 4.88 Å². The van der Waals surface area contributed by atoms with Crippen LogP contribution in [0.25, 0.3) is 5.95 Å². The topological polar surface area (TPSA) is 117 Å². The predicted molar refractivity (Wildman–Crippen MR) is 76.1 cm³/mol. The van der Waals surface area contributed by atoms with Crippen molar-refractivity contribution in [3.8, 4) is 12.0 Å². The molecule has 0 amide bonds. The van der Waals surface area contributed by atoms with Crippen LogP contribution in [-0.2, 0) is 6.42 Å². The fraction of sp³-hybridized carbons (Fsp3) is 0.182. The fourth-order valence-electron chi connectivity index (χ4n) is 1.59. The zero-order chi connectivity index (χ0) is 14.5. The molecule has 0 aliphatic carbocycles. The second kappa shape index (κ2) is 6.24. The molecule has 0 atom stereocenters. The summed E-state index contributed by atoms with van der Waals surface area (Å²) in [6.45, 7) is 0.464. The van der Waals surface area contributed by atoms with E-state index >= 15 is 0 Å². The first kappa shape index (κ1) is 13.4. The number of anilines is 1. The molecule has 3 heterocycles. The highest BCUT2D eigenvalue weighted by atomic mass is 32.1. The van der Waals surface area contributed by atoms with E-state index in [0.29, 0.717) is 6.61 Å². The number of ether oxygens (including phenoxy) is 1. The Morgan fingerprint density at radius 3 is 3.00 bits per heavy atom. The quantitative estimate of drug-likeness (QED) is 0.497. The Hall–Kier alpha value is -2.59. The van der Waals surface area contributed by atoms with Crippen molar-refractivity contribution >= 4 is 17.3 Å². The zero-order valence-electron chi connectivity index (χ0n) is 10.9. The summed E-state index contributed by atoms with van der Waals surface area (Å²) in [5, 5.41) is 5.98. The Bertz CT molecular complexity index is 684. The molecular weight excluding hydrogens is 292 g/mol. The SMILES string of the molecule is NNc1nc(OCCc2cccs2)nc(-n2cncn2)n1. The maximum Gasteiger partial charge on any atom is 0.323 e. The highest BCUT2D eigenvalue weighted by molar-refractivity contribution is 7.09. The second-order valence-corrected chi connectivity index (χ2v) is 4.94. The molecule has 3 N–H and O–H groups in total. The summed E-state index contributed by atoms with van der Waals surface area (Å²) in [7, 11) is 0. The van der Waals surface area contributed by atoms with Crippen LogP contribution in [0.5, 0.6) is 6.01 Å². The van der Waals surface area contributed by atoms with Crippen molar-refractivity contribution < 1.29 is 4.74 Å². The van der Waals surface area contributed by atoms with Crippen LogP contribution in [0.4, 0.5) is 5.95 Å². The molecule has 0 radical (unpaired) electrons. The van der Waals surface area contributed by atoms with Gasteiger partial charge < -0.3 is 4.74 Å². The molecule has 0 aromatic carbocycles. The Balaban J connectivity index is 1.73. The molecule has 0 saturated carbocycles. The molecular formula is C11H12N8OS. The van der Waals surface area contributed by atoms with E-state index in [1.165, 1.54) is 22.2 Å². The third kappa shape index (κ3) is 3.30. The highest BCUT2D eigenvalue weighted by Crippen LogP contribution is 2.12. The summed E-state index contributed by atoms with van der Waals surface area (Å²) in [6, 6.07) is 4.23. The number of hydrogen-bond acceptors (Lipinski definition) is 9. The molecule has 10 heteroatoms. The summed E-state index contributed by atoms with van der Waals surface area (Å²) in [5.74, 6) is 5.82. The molecule has 0 saturated heterocycles. The van der Waals surface area contributed by atoms with Crippen LogP contribution < -0.4 is 16.0 Å². The number of rotatable bonds is 6. The smallest absolute Gasteiger partial charge is 0.323 e. The molecule has 0 fully saturated rings. The number of hydrazine groups is 1. The van der Waals surface area contributed by atoms with Gasteiger partial charge in [0.1, 0.15) is 12.7 Å². The molecule has 0 spiro atoms.